The largest absolute Gasteiger partial charge is 0.0610 e. The summed E-state index contributed by atoms with van der Waals surface area (Å²) < 4.78 is 2.29. The van der Waals surface area contributed by atoms with Crippen LogP contribution in [0.15, 0.2) is 57.5 Å². The summed E-state index contributed by atoms with van der Waals surface area (Å²) in [4.78, 5) is 0. The van der Waals surface area contributed by atoms with E-state index in [1.807, 2.05) is 0 Å². The van der Waals surface area contributed by atoms with E-state index in [0.717, 1.165) is 8.95 Å². The van der Waals surface area contributed by atoms with E-state index in [-0.39, 0.29) is 0 Å². The van der Waals surface area contributed by atoms with E-state index >= 15 is 0 Å². The van der Waals surface area contributed by atoms with Gasteiger partial charge in [-0.3, -0.25) is 0 Å². The molecule has 0 amide bonds. The monoisotopic (exact) mass is 358 g/mol. The van der Waals surface area contributed by atoms with E-state index in [0.29, 0.717) is 0 Å². The van der Waals surface area contributed by atoms with Gasteiger partial charge in [-0.25, -0.2) is 0 Å². The van der Waals surface area contributed by atoms with Crippen LogP contribution in [0.2, 0.25) is 0 Å². The van der Waals surface area contributed by atoms with Gasteiger partial charge in [0.1, 0.15) is 0 Å². The van der Waals surface area contributed by atoms with Gasteiger partial charge in [0.2, 0.25) is 0 Å². The van der Waals surface area contributed by atoms with Crippen LogP contribution in [0.25, 0.3) is 33.0 Å². The molecule has 0 unspecified atom stereocenters. The Balaban J connectivity index is 2.26. The molecule has 0 heterocycles. The molecule has 0 N–H and O–H groups in total. The molecule has 0 saturated heterocycles. The average molecular weight is 360 g/mol. The number of hydrogen-bond donors (Lipinski definition) is 0. The smallest absolute Gasteiger partial charge is 0.0254 e. The molecule has 86 valence electrons. The van der Waals surface area contributed by atoms with E-state index in [1.54, 1.807) is 0 Å². The lowest BCUT2D eigenvalue weighted by Gasteiger charge is -2.03. The Morgan fingerprint density at radius 3 is 2.33 bits per heavy atom. The Kier molecular flexibility index (Phi) is 2.21. The molecule has 1 aliphatic carbocycles. The lowest BCUT2D eigenvalue weighted by molar-refractivity contribution is 1.65. The molecule has 3 aromatic carbocycles. The van der Waals surface area contributed by atoms with E-state index in [9.17, 15) is 0 Å². The van der Waals surface area contributed by atoms with Crippen LogP contribution < -0.4 is 0 Å². The first-order chi connectivity index (χ1) is 8.75. The molecule has 1 aliphatic rings. The number of benzene rings is 3. The second-order valence-electron chi connectivity index (χ2n) is 4.51. The first-order valence-electron chi connectivity index (χ1n) is 5.77. The quantitative estimate of drug-likeness (QED) is 0.360. The Labute approximate surface area is 122 Å². The lowest BCUT2D eigenvalue weighted by atomic mass is 10.0. The van der Waals surface area contributed by atoms with Crippen LogP contribution in [0.1, 0.15) is 0 Å². The zero-order valence-electron chi connectivity index (χ0n) is 9.37. The van der Waals surface area contributed by atoms with Crippen molar-refractivity contribution in [1.29, 1.82) is 0 Å². The van der Waals surface area contributed by atoms with Crippen molar-refractivity contribution in [3.8, 4) is 22.3 Å². The maximum atomic E-state index is 3.64. The summed E-state index contributed by atoms with van der Waals surface area (Å²) in [5.74, 6) is 0. The van der Waals surface area contributed by atoms with Gasteiger partial charge < -0.3 is 0 Å². The van der Waals surface area contributed by atoms with Crippen molar-refractivity contribution >= 4 is 42.6 Å². The molecule has 0 aromatic heterocycles. The second kappa shape index (κ2) is 3.69. The first-order valence-corrected chi connectivity index (χ1v) is 7.36. The maximum absolute atomic E-state index is 3.64. The zero-order valence-corrected chi connectivity index (χ0v) is 12.5. The molecule has 0 aliphatic heterocycles. The van der Waals surface area contributed by atoms with Gasteiger partial charge in [0.25, 0.3) is 0 Å². The Morgan fingerprint density at radius 1 is 0.667 bits per heavy atom. The minimum absolute atomic E-state index is 1.13. The van der Waals surface area contributed by atoms with Gasteiger partial charge in [0.05, 0.1) is 0 Å². The first kappa shape index (κ1) is 10.8. The van der Waals surface area contributed by atoms with Crippen LogP contribution in [-0.2, 0) is 0 Å². The average Bonchev–Trinajstić information content (AvgIpc) is 2.69. The highest BCUT2D eigenvalue weighted by Crippen LogP contribution is 2.49. The van der Waals surface area contributed by atoms with Gasteiger partial charge in [-0.1, -0.05) is 62.2 Å². The number of hydrogen-bond acceptors (Lipinski definition) is 0. The molecule has 0 radical (unpaired) electrons. The molecule has 0 bridgehead atoms. The lowest BCUT2D eigenvalue weighted by Crippen LogP contribution is -1.76. The molecule has 0 spiro atoms. The van der Waals surface area contributed by atoms with Gasteiger partial charge in [-0.15, -0.1) is 0 Å². The molecule has 0 fully saturated rings. The molecule has 4 rings (SSSR count). The molecular formula is C16H8Br2. The fourth-order valence-corrected chi connectivity index (χ4v) is 3.62. The van der Waals surface area contributed by atoms with Crippen molar-refractivity contribution in [2.45, 2.75) is 0 Å². The van der Waals surface area contributed by atoms with E-state index < -0.39 is 0 Å². The highest BCUT2D eigenvalue weighted by Gasteiger charge is 2.21. The van der Waals surface area contributed by atoms with Gasteiger partial charge in [0, 0.05) is 8.95 Å². The van der Waals surface area contributed by atoms with E-state index in [2.05, 4.69) is 80.4 Å². The van der Waals surface area contributed by atoms with Crippen LogP contribution in [0, 0.1) is 0 Å². The molecule has 18 heavy (non-hydrogen) atoms. The molecule has 0 saturated carbocycles. The highest BCUT2D eigenvalue weighted by atomic mass is 79.9. The molecule has 2 heteroatoms. The predicted molar refractivity (Wildman–Crippen MR) is 83.8 cm³/mol. The Hall–Kier alpha value is -1.12. The third-order valence-corrected chi connectivity index (χ3v) is 4.73. The van der Waals surface area contributed by atoms with Gasteiger partial charge in [0.15, 0.2) is 0 Å². The Morgan fingerprint density at radius 2 is 1.44 bits per heavy atom. The van der Waals surface area contributed by atoms with E-state index in [4.69, 9.17) is 0 Å². The van der Waals surface area contributed by atoms with Crippen LogP contribution in [0.4, 0.5) is 0 Å². The third-order valence-electron chi connectivity index (χ3n) is 3.55. The van der Waals surface area contributed by atoms with Gasteiger partial charge in [-0.2, -0.15) is 0 Å². The van der Waals surface area contributed by atoms with Crippen molar-refractivity contribution in [2.75, 3.05) is 0 Å². The van der Waals surface area contributed by atoms with Gasteiger partial charge >= 0.3 is 0 Å². The summed E-state index contributed by atoms with van der Waals surface area (Å²) in [5, 5.41) is 2.65. The van der Waals surface area contributed by atoms with Crippen LogP contribution in [0.5, 0.6) is 0 Å². The second-order valence-corrected chi connectivity index (χ2v) is 6.28. The van der Waals surface area contributed by atoms with Crippen molar-refractivity contribution in [2.24, 2.45) is 0 Å². The fourth-order valence-electron chi connectivity index (χ4n) is 2.79. The third kappa shape index (κ3) is 1.30. The number of rotatable bonds is 0. The fraction of sp³-hybridized carbons (Fsp3) is 0. The summed E-state index contributed by atoms with van der Waals surface area (Å²) in [6.45, 7) is 0. The molecule has 3 aromatic rings. The summed E-state index contributed by atoms with van der Waals surface area (Å²) >= 11 is 7.21. The molecule has 0 nitrogen and oxygen atoms in total. The summed E-state index contributed by atoms with van der Waals surface area (Å²) in [7, 11) is 0. The zero-order chi connectivity index (χ0) is 12.3. The van der Waals surface area contributed by atoms with Crippen LogP contribution in [-0.4, -0.2) is 0 Å². The SMILES string of the molecule is Brc1ccc2c(c1)-c1cccc3c(Br)ccc-2c13. The van der Waals surface area contributed by atoms with E-state index in [1.165, 1.54) is 33.0 Å². The molecular weight excluding hydrogens is 352 g/mol. The summed E-state index contributed by atoms with van der Waals surface area (Å²) in [6, 6.07) is 17.4. The van der Waals surface area contributed by atoms with Crippen molar-refractivity contribution < 1.29 is 0 Å². The highest BCUT2D eigenvalue weighted by molar-refractivity contribution is 9.11. The predicted octanol–water partition coefficient (Wildman–Crippen LogP) is 6.01. The topological polar surface area (TPSA) is 0 Å². The molecule has 0 atom stereocenters. The standard InChI is InChI=1S/C16H8Br2/c17-9-4-5-10-12-6-7-15(18)13-3-1-2-11(16(12)13)14(10)8-9/h1-8H. The van der Waals surface area contributed by atoms with Crippen LogP contribution >= 0.6 is 31.9 Å². The number of halogens is 2. The number of fused-ring (bicyclic) bond motifs is 3. The normalized spacial score (nSPS) is 11.9. The van der Waals surface area contributed by atoms with Crippen molar-refractivity contribution in [1.82, 2.24) is 0 Å². The van der Waals surface area contributed by atoms with Crippen molar-refractivity contribution in [3.63, 3.8) is 0 Å². The summed E-state index contributed by atoms with van der Waals surface area (Å²) in [5.41, 5.74) is 5.33. The van der Waals surface area contributed by atoms with Gasteiger partial charge in [-0.05, 0) is 51.2 Å². The minimum atomic E-state index is 1.13. The maximum Gasteiger partial charge on any atom is 0.0254 e. The van der Waals surface area contributed by atoms with Crippen LogP contribution in [0.3, 0.4) is 0 Å². The van der Waals surface area contributed by atoms with Crippen molar-refractivity contribution in [3.05, 3.63) is 57.5 Å². The summed E-state index contributed by atoms with van der Waals surface area (Å²) in [6.07, 6.45) is 0. The minimum Gasteiger partial charge on any atom is -0.0610 e. The Bertz CT molecular complexity index is 804.